The van der Waals surface area contributed by atoms with E-state index in [0.29, 0.717) is 24.9 Å². The summed E-state index contributed by atoms with van der Waals surface area (Å²) in [7, 11) is 0. The summed E-state index contributed by atoms with van der Waals surface area (Å²) in [5, 5.41) is 0. The average molecular weight is 328 g/mol. The predicted molar refractivity (Wildman–Crippen MR) is 89.7 cm³/mol. The van der Waals surface area contributed by atoms with Gasteiger partial charge >= 0.3 is 6.09 Å². The quantitative estimate of drug-likeness (QED) is 0.936. The van der Waals surface area contributed by atoms with E-state index in [1.165, 1.54) is 6.07 Å². The number of hydrogen-bond acceptors (Lipinski definition) is 3. The highest BCUT2D eigenvalue weighted by Gasteiger charge is 2.33. The molecule has 0 unspecified atom stereocenters. The molecular weight excluding hydrogens is 307 g/mol. The summed E-state index contributed by atoms with van der Waals surface area (Å²) in [5.74, 6) is -0.322. The van der Waals surface area contributed by atoms with Crippen LogP contribution in [0.1, 0.15) is 30.0 Å². The number of carbonyl (C=O) groups excluding carboxylic acids is 1. The second-order valence-corrected chi connectivity index (χ2v) is 6.06. The highest BCUT2D eigenvalue weighted by atomic mass is 19.1. The molecule has 1 amide bonds. The molecule has 4 nitrogen and oxygen atoms in total. The fourth-order valence-corrected chi connectivity index (χ4v) is 3.05. The van der Waals surface area contributed by atoms with Gasteiger partial charge in [-0.2, -0.15) is 0 Å². The number of hydrogen-bond donors (Lipinski definition) is 1. The van der Waals surface area contributed by atoms with E-state index in [9.17, 15) is 9.18 Å². The number of ether oxygens (including phenoxy) is 1. The van der Waals surface area contributed by atoms with Crippen LogP contribution in [0.5, 0.6) is 0 Å². The van der Waals surface area contributed by atoms with Crippen molar-refractivity contribution in [2.75, 3.05) is 6.54 Å². The predicted octanol–water partition coefficient (Wildman–Crippen LogP) is 3.63. The molecule has 1 aliphatic heterocycles. The normalized spacial score (nSPS) is 20.7. The van der Waals surface area contributed by atoms with Crippen LogP contribution in [0.25, 0.3) is 0 Å². The molecule has 126 valence electrons. The Bertz CT molecular complexity index is 693. The molecule has 0 aromatic heterocycles. The summed E-state index contributed by atoms with van der Waals surface area (Å²) in [5.41, 5.74) is 7.45. The number of carbonyl (C=O) groups is 1. The van der Waals surface area contributed by atoms with Crippen LogP contribution in [0, 0.1) is 5.82 Å². The van der Waals surface area contributed by atoms with E-state index in [2.05, 4.69) is 0 Å². The lowest BCUT2D eigenvalue weighted by molar-refractivity contribution is 0.0637. The van der Waals surface area contributed by atoms with Crippen molar-refractivity contribution in [2.24, 2.45) is 5.73 Å². The third-order valence-corrected chi connectivity index (χ3v) is 4.35. The van der Waals surface area contributed by atoms with Gasteiger partial charge in [-0.1, -0.05) is 48.5 Å². The Morgan fingerprint density at radius 2 is 1.88 bits per heavy atom. The van der Waals surface area contributed by atoms with Crippen molar-refractivity contribution in [3.63, 3.8) is 0 Å². The molecule has 5 heteroatoms. The van der Waals surface area contributed by atoms with E-state index in [0.717, 1.165) is 5.56 Å². The van der Waals surface area contributed by atoms with E-state index < -0.39 is 12.1 Å². The minimum absolute atomic E-state index is 0.0484. The number of benzene rings is 2. The van der Waals surface area contributed by atoms with Crippen LogP contribution >= 0.6 is 0 Å². The van der Waals surface area contributed by atoms with Crippen LogP contribution < -0.4 is 5.73 Å². The largest absolute Gasteiger partial charge is 0.445 e. The fraction of sp³-hybridized carbons (Fsp3) is 0.316. The van der Waals surface area contributed by atoms with Crippen molar-refractivity contribution in [1.29, 1.82) is 0 Å². The van der Waals surface area contributed by atoms with Crippen molar-refractivity contribution in [3.8, 4) is 0 Å². The molecule has 2 aromatic carbocycles. The molecule has 2 N–H and O–H groups in total. The summed E-state index contributed by atoms with van der Waals surface area (Å²) in [6.45, 7) is 0.667. The molecule has 1 fully saturated rings. The Hall–Kier alpha value is -2.40. The number of piperidine rings is 1. The minimum Gasteiger partial charge on any atom is -0.445 e. The van der Waals surface area contributed by atoms with Gasteiger partial charge in [0.15, 0.2) is 0 Å². The Labute approximate surface area is 141 Å². The molecule has 2 aromatic rings. The Balaban J connectivity index is 1.74. The zero-order valence-corrected chi connectivity index (χ0v) is 13.4. The molecule has 3 rings (SSSR count). The van der Waals surface area contributed by atoms with Crippen molar-refractivity contribution in [2.45, 2.75) is 31.5 Å². The topological polar surface area (TPSA) is 55.6 Å². The number of nitrogens with two attached hydrogens (primary N) is 1. The van der Waals surface area contributed by atoms with Gasteiger partial charge in [0.2, 0.25) is 0 Å². The molecular formula is C19H21FN2O2. The molecule has 0 spiro atoms. The average Bonchev–Trinajstić information content (AvgIpc) is 2.61. The lowest BCUT2D eigenvalue weighted by atomic mass is 9.92. The maximum Gasteiger partial charge on any atom is 0.410 e. The third-order valence-electron chi connectivity index (χ3n) is 4.35. The highest BCUT2D eigenvalue weighted by Crippen LogP contribution is 2.32. The van der Waals surface area contributed by atoms with Crippen molar-refractivity contribution in [3.05, 3.63) is 71.5 Å². The Morgan fingerprint density at radius 1 is 1.17 bits per heavy atom. The molecule has 2 atom stereocenters. The number of nitrogens with zero attached hydrogens (tertiary/aromatic N) is 1. The minimum atomic E-state index is -0.431. The van der Waals surface area contributed by atoms with Crippen LogP contribution in [0.15, 0.2) is 54.6 Å². The van der Waals surface area contributed by atoms with Gasteiger partial charge in [0.25, 0.3) is 0 Å². The zero-order chi connectivity index (χ0) is 16.9. The van der Waals surface area contributed by atoms with Gasteiger partial charge < -0.3 is 15.4 Å². The number of likely N-dealkylation sites (tertiary alicyclic amines) is 1. The van der Waals surface area contributed by atoms with Gasteiger partial charge in [-0.05, 0) is 24.5 Å². The first-order valence-corrected chi connectivity index (χ1v) is 8.12. The van der Waals surface area contributed by atoms with Crippen LogP contribution in [0.3, 0.4) is 0 Å². The summed E-state index contributed by atoms with van der Waals surface area (Å²) < 4.78 is 19.6. The van der Waals surface area contributed by atoms with Gasteiger partial charge in [-0.25, -0.2) is 9.18 Å². The first kappa shape index (κ1) is 16.5. The van der Waals surface area contributed by atoms with Crippen molar-refractivity contribution >= 4 is 6.09 Å². The van der Waals surface area contributed by atoms with Crippen molar-refractivity contribution < 1.29 is 13.9 Å². The maximum atomic E-state index is 14.2. The number of halogens is 1. The smallest absolute Gasteiger partial charge is 0.410 e. The molecule has 0 radical (unpaired) electrons. The van der Waals surface area contributed by atoms with Gasteiger partial charge in [0.1, 0.15) is 12.4 Å². The fourth-order valence-electron chi connectivity index (χ4n) is 3.05. The van der Waals surface area contributed by atoms with Crippen molar-refractivity contribution in [1.82, 2.24) is 4.90 Å². The SMILES string of the molecule is N[C@@H]1CCN(C(=O)OCc2ccccc2)[C@H](c2ccccc2F)C1. The summed E-state index contributed by atoms with van der Waals surface area (Å²) >= 11 is 0. The first-order chi connectivity index (χ1) is 11.6. The van der Waals surface area contributed by atoms with E-state index in [1.807, 2.05) is 30.3 Å². The van der Waals surface area contributed by atoms with E-state index >= 15 is 0 Å². The lowest BCUT2D eigenvalue weighted by Crippen LogP contribution is -2.45. The monoisotopic (exact) mass is 328 g/mol. The standard InChI is InChI=1S/C19H21FN2O2/c20-17-9-5-4-8-16(17)18-12-15(21)10-11-22(18)19(23)24-13-14-6-2-1-3-7-14/h1-9,15,18H,10-13,21H2/t15-,18+/m1/s1. The number of amides is 1. The summed E-state index contributed by atoms with van der Waals surface area (Å²) in [6.07, 6.45) is 0.784. The molecule has 1 saturated heterocycles. The third kappa shape index (κ3) is 3.74. The second-order valence-electron chi connectivity index (χ2n) is 6.06. The van der Waals surface area contributed by atoms with Crippen LogP contribution in [0.4, 0.5) is 9.18 Å². The highest BCUT2D eigenvalue weighted by molar-refractivity contribution is 5.68. The van der Waals surface area contributed by atoms with Gasteiger partial charge in [-0.15, -0.1) is 0 Å². The molecule has 24 heavy (non-hydrogen) atoms. The summed E-state index contributed by atoms with van der Waals surface area (Å²) in [6, 6.07) is 15.6. The first-order valence-electron chi connectivity index (χ1n) is 8.12. The van der Waals surface area contributed by atoms with E-state index in [1.54, 1.807) is 23.1 Å². The van der Waals surface area contributed by atoms with Crippen LogP contribution in [-0.4, -0.2) is 23.6 Å². The Kier molecular flexibility index (Phi) is 5.11. The Morgan fingerprint density at radius 3 is 2.62 bits per heavy atom. The zero-order valence-electron chi connectivity index (χ0n) is 13.4. The van der Waals surface area contributed by atoms with Gasteiger partial charge in [0, 0.05) is 18.2 Å². The van der Waals surface area contributed by atoms with Gasteiger partial charge in [-0.3, -0.25) is 0 Å². The maximum absolute atomic E-state index is 14.2. The molecule has 0 saturated carbocycles. The summed E-state index contributed by atoms with van der Waals surface area (Å²) in [4.78, 5) is 14.1. The van der Waals surface area contributed by atoms with Gasteiger partial charge in [0.05, 0.1) is 6.04 Å². The van der Waals surface area contributed by atoms with E-state index in [-0.39, 0.29) is 18.5 Å². The second kappa shape index (κ2) is 7.45. The molecule has 1 heterocycles. The van der Waals surface area contributed by atoms with Crippen LogP contribution in [0.2, 0.25) is 0 Å². The lowest BCUT2D eigenvalue weighted by Gasteiger charge is -2.38. The van der Waals surface area contributed by atoms with Crippen LogP contribution in [-0.2, 0) is 11.3 Å². The number of rotatable bonds is 3. The molecule has 1 aliphatic rings. The van der Waals surface area contributed by atoms with E-state index in [4.69, 9.17) is 10.5 Å². The molecule has 0 aliphatic carbocycles. The molecule has 0 bridgehead atoms.